The predicted octanol–water partition coefficient (Wildman–Crippen LogP) is 0.514. The van der Waals surface area contributed by atoms with Gasteiger partial charge in [0.25, 0.3) is 0 Å². The Labute approximate surface area is 131 Å². The third-order valence-electron chi connectivity index (χ3n) is 4.46. The van der Waals surface area contributed by atoms with Crippen molar-refractivity contribution in [2.75, 3.05) is 25.4 Å². The van der Waals surface area contributed by atoms with Crippen molar-refractivity contribution in [1.29, 1.82) is 0 Å². The van der Waals surface area contributed by atoms with Crippen LogP contribution < -0.4 is 0 Å². The standard InChI is InChI=1S/C14H24N2O5S/c1-2-10-22(20,21)16-7-3-4-12(16)13(17)15-8-5-11(6-9-15)14(18)19/h11-12H,2-10H2,1H3,(H,18,19). The van der Waals surface area contributed by atoms with E-state index in [1.165, 1.54) is 4.31 Å². The van der Waals surface area contributed by atoms with Gasteiger partial charge in [0, 0.05) is 19.6 Å². The summed E-state index contributed by atoms with van der Waals surface area (Å²) in [6.07, 6.45) is 2.67. The molecule has 8 heteroatoms. The van der Waals surface area contributed by atoms with Gasteiger partial charge in [0.05, 0.1) is 11.7 Å². The molecule has 1 N–H and O–H groups in total. The van der Waals surface area contributed by atoms with Gasteiger partial charge >= 0.3 is 5.97 Å². The minimum Gasteiger partial charge on any atom is -0.481 e. The molecule has 1 unspecified atom stereocenters. The van der Waals surface area contributed by atoms with Crippen LogP contribution in [0.3, 0.4) is 0 Å². The fourth-order valence-electron chi connectivity index (χ4n) is 3.25. The molecule has 1 atom stereocenters. The number of rotatable bonds is 5. The van der Waals surface area contributed by atoms with E-state index in [0.29, 0.717) is 51.7 Å². The van der Waals surface area contributed by atoms with Crippen LogP contribution in [0.15, 0.2) is 0 Å². The van der Waals surface area contributed by atoms with Gasteiger partial charge in [-0.05, 0) is 32.1 Å². The second-order valence-corrected chi connectivity index (χ2v) is 8.06. The highest BCUT2D eigenvalue weighted by atomic mass is 32.2. The Balaban J connectivity index is 2.02. The first kappa shape index (κ1) is 17.2. The van der Waals surface area contributed by atoms with Crippen molar-refractivity contribution in [3.63, 3.8) is 0 Å². The molecule has 0 aromatic rings. The number of hydrogen-bond acceptors (Lipinski definition) is 4. The van der Waals surface area contributed by atoms with Crippen molar-refractivity contribution in [3.8, 4) is 0 Å². The average molecular weight is 332 g/mol. The molecule has 2 aliphatic rings. The van der Waals surface area contributed by atoms with Crippen LogP contribution in [-0.2, 0) is 19.6 Å². The first-order valence-electron chi connectivity index (χ1n) is 7.88. The molecule has 0 saturated carbocycles. The number of likely N-dealkylation sites (tertiary alicyclic amines) is 1. The van der Waals surface area contributed by atoms with Gasteiger partial charge in [-0.3, -0.25) is 9.59 Å². The Morgan fingerprint density at radius 3 is 2.32 bits per heavy atom. The molecule has 0 aromatic heterocycles. The zero-order valence-corrected chi connectivity index (χ0v) is 13.7. The lowest BCUT2D eigenvalue weighted by Gasteiger charge is -2.34. The minimum atomic E-state index is -3.38. The number of nitrogens with zero attached hydrogens (tertiary/aromatic N) is 2. The van der Waals surface area contributed by atoms with E-state index in [0.717, 1.165) is 0 Å². The monoisotopic (exact) mass is 332 g/mol. The number of piperidine rings is 1. The summed E-state index contributed by atoms with van der Waals surface area (Å²) in [6, 6.07) is -0.599. The van der Waals surface area contributed by atoms with Gasteiger partial charge in [0.15, 0.2) is 0 Å². The lowest BCUT2D eigenvalue weighted by molar-refractivity contribution is -0.146. The zero-order valence-electron chi connectivity index (χ0n) is 12.9. The third kappa shape index (κ3) is 3.60. The first-order valence-corrected chi connectivity index (χ1v) is 9.49. The predicted molar refractivity (Wildman–Crippen MR) is 80.7 cm³/mol. The molecular formula is C14H24N2O5S. The van der Waals surface area contributed by atoms with E-state index >= 15 is 0 Å². The van der Waals surface area contributed by atoms with E-state index in [1.54, 1.807) is 11.8 Å². The molecule has 0 radical (unpaired) electrons. The maximum absolute atomic E-state index is 12.6. The van der Waals surface area contributed by atoms with Crippen molar-refractivity contribution >= 4 is 21.9 Å². The maximum atomic E-state index is 12.6. The van der Waals surface area contributed by atoms with E-state index in [2.05, 4.69) is 0 Å². The van der Waals surface area contributed by atoms with Gasteiger partial charge in [-0.1, -0.05) is 6.92 Å². The summed E-state index contributed by atoms with van der Waals surface area (Å²) < 4.78 is 25.8. The second kappa shape index (κ2) is 6.95. The van der Waals surface area contributed by atoms with E-state index in [9.17, 15) is 18.0 Å². The van der Waals surface area contributed by atoms with Gasteiger partial charge in [0.2, 0.25) is 15.9 Å². The highest BCUT2D eigenvalue weighted by molar-refractivity contribution is 7.89. The van der Waals surface area contributed by atoms with Gasteiger partial charge < -0.3 is 10.0 Å². The largest absolute Gasteiger partial charge is 0.481 e. The Morgan fingerprint density at radius 2 is 1.77 bits per heavy atom. The normalized spacial score (nSPS) is 24.6. The Hall–Kier alpha value is -1.15. The lowest BCUT2D eigenvalue weighted by Crippen LogP contribution is -2.50. The van der Waals surface area contributed by atoms with Crippen molar-refractivity contribution in [1.82, 2.24) is 9.21 Å². The molecule has 0 aliphatic carbocycles. The quantitative estimate of drug-likeness (QED) is 0.792. The molecule has 2 saturated heterocycles. The lowest BCUT2D eigenvalue weighted by atomic mass is 9.96. The Morgan fingerprint density at radius 1 is 1.14 bits per heavy atom. The molecular weight excluding hydrogens is 308 g/mol. The van der Waals surface area contributed by atoms with Crippen LogP contribution in [0.25, 0.3) is 0 Å². The molecule has 0 spiro atoms. The molecule has 1 amide bonds. The number of hydrogen-bond donors (Lipinski definition) is 1. The van der Waals surface area contributed by atoms with Crippen molar-refractivity contribution < 1.29 is 23.1 Å². The van der Waals surface area contributed by atoms with Gasteiger partial charge in [-0.15, -0.1) is 0 Å². The van der Waals surface area contributed by atoms with Gasteiger partial charge in [-0.2, -0.15) is 4.31 Å². The molecule has 0 bridgehead atoms. The number of carboxylic acid groups (broad SMARTS) is 1. The highest BCUT2D eigenvalue weighted by Gasteiger charge is 2.40. The highest BCUT2D eigenvalue weighted by Crippen LogP contribution is 2.26. The average Bonchev–Trinajstić information content (AvgIpc) is 2.97. The summed E-state index contributed by atoms with van der Waals surface area (Å²) in [6.45, 7) is 3.01. The summed E-state index contributed by atoms with van der Waals surface area (Å²) >= 11 is 0. The zero-order chi connectivity index (χ0) is 16.3. The second-order valence-electron chi connectivity index (χ2n) is 6.02. The van der Waals surface area contributed by atoms with Crippen LogP contribution >= 0.6 is 0 Å². The maximum Gasteiger partial charge on any atom is 0.306 e. The number of carboxylic acids is 1. The van der Waals surface area contributed by atoms with Gasteiger partial charge in [-0.25, -0.2) is 8.42 Å². The smallest absolute Gasteiger partial charge is 0.306 e. The third-order valence-corrected chi connectivity index (χ3v) is 6.54. The summed E-state index contributed by atoms with van der Waals surface area (Å²) in [4.78, 5) is 25.2. The van der Waals surface area contributed by atoms with Gasteiger partial charge in [0.1, 0.15) is 6.04 Å². The molecule has 0 aromatic carbocycles. The van der Waals surface area contributed by atoms with E-state index in [-0.39, 0.29) is 11.7 Å². The number of sulfonamides is 1. The molecule has 2 fully saturated rings. The minimum absolute atomic E-state index is 0.0673. The van der Waals surface area contributed by atoms with Crippen LogP contribution in [0.5, 0.6) is 0 Å². The summed E-state index contributed by atoms with van der Waals surface area (Å²) in [5.41, 5.74) is 0. The fourth-order valence-corrected chi connectivity index (χ4v) is 4.99. The molecule has 2 aliphatic heterocycles. The molecule has 7 nitrogen and oxygen atoms in total. The summed E-state index contributed by atoms with van der Waals surface area (Å²) in [5, 5.41) is 8.99. The van der Waals surface area contributed by atoms with Crippen LogP contribution in [0.2, 0.25) is 0 Å². The molecule has 22 heavy (non-hydrogen) atoms. The van der Waals surface area contributed by atoms with E-state index in [4.69, 9.17) is 5.11 Å². The number of aliphatic carboxylic acids is 1. The summed E-state index contributed by atoms with van der Waals surface area (Å²) in [5.74, 6) is -1.31. The fraction of sp³-hybridized carbons (Fsp3) is 0.857. The van der Waals surface area contributed by atoms with Crippen molar-refractivity contribution in [2.45, 2.75) is 45.1 Å². The summed E-state index contributed by atoms with van der Waals surface area (Å²) in [7, 11) is -3.38. The molecule has 126 valence electrons. The topological polar surface area (TPSA) is 95.0 Å². The van der Waals surface area contributed by atoms with Crippen LogP contribution in [0.4, 0.5) is 0 Å². The number of carbonyl (C=O) groups is 2. The number of amides is 1. The first-order chi connectivity index (χ1) is 10.4. The van der Waals surface area contributed by atoms with E-state index < -0.39 is 28.0 Å². The van der Waals surface area contributed by atoms with Crippen LogP contribution in [-0.4, -0.2) is 66.0 Å². The SMILES string of the molecule is CCCS(=O)(=O)N1CCCC1C(=O)N1CCC(C(=O)O)CC1. The van der Waals surface area contributed by atoms with Crippen LogP contribution in [0.1, 0.15) is 39.0 Å². The van der Waals surface area contributed by atoms with E-state index in [1.807, 2.05) is 0 Å². The number of carbonyl (C=O) groups excluding carboxylic acids is 1. The molecule has 2 heterocycles. The Kier molecular flexibility index (Phi) is 5.44. The Bertz CT molecular complexity index is 525. The van der Waals surface area contributed by atoms with Crippen LogP contribution in [0, 0.1) is 5.92 Å². The van der Waals surface area contributed by atoms with Crippen molar-refractivity contribution in [2.24, 2.45) is 5.92 Å². The molecule has 2 rings (SSSR count). The van der Waals surface area contributed by atoms with Crippen molar-refractivity contribution in [3.05, 3.63) is 0 Å².